The molecule has 2 aliphatic rings. The van der Waals surface area contributed by atoms with Crippen LogP contribution in [0.15, 0.2) is 29.2 Å². The second-order valence-electron chi connectivity index (χ2n) is 7.70. The average Bonchev–Trinajstić information content (AvgIpc) is 2.62. The van der Waals surface area contributed by atoms with Gasteiger partial charge < -0.3 is 0 Å². The van der Waals surface area contributed by atoms with Crippen LogP contribution in [-0.2, 0) is 20.2 Å². The number of aryl methyl sites for hydroxylation is 1. The Morgan fingerprint density at radius 3 is 1.93 bits per heavy atom. The highest BCUT2D eigenvalue weighted by atomic mass is 32.2. The molecule has 3 rings (SSSR count). The van der Waals surface area contributed by atoms with E-state index in [0.29, 0.717) is 44.9 Å². The Hall–Kier alpha value is -1.00. The lowest BCUT2D eigenvalue weighted by molar-refractivity contribution is 0.273. The van der Waals surface area contributed by atoms with E-state index in [1.807, 2.05) is 6.92 Å². The standard InChI is InChI=1S/C18H29N3O4S2/c1-15-3-5-18(6-4-15)26(22,23)20-13-9-17(10-14-20)19-27(24,25)21-11-7-16(2)8-12-21/h3-6,16-17,19H,7-14H2,1-2H3. The Kier molecular flexibility index (Phi) is 6.27. The van der Waals surface area contributed by atoms with Crippen molar-refractivity contribution in [3.63, 3.8) is 0 Å². The first-order chi connectivity index (χ1) is 12.7. The van der Waals surface area contributed by atoms with E-state index in [1.165, 1.54) is 8.61 Å². The Morgan fingerprint density at radius 1 is 0.852 bits per heavy atom. The molecule has 2 saturated heterocycles. The van der Waals surface area contributed by atoms with Crippen molar-refractivity contribution in [1.29, 1.82) is 0 Å². The summed E-state index contributed by atoms with van der Waals surface area (Å²) in [6.07, 6.45) is 2.73. The summed E-state index contributed by atoms with van der Waals surface area (Å²) in [5.74, 6) is 0.562. The average molecular weight is 416 g/mol. The van der Waals surface area contributed by atoms with Crippen LogP contribution in [0.1, 0.15) is 38.2 Å². The van der Waals surface area contributed by atoms with Gasteiger partial charge in [-0.25, -0.2) is 8.42 Å². The highest BCUT2D eigenvalue weighted by Gasteiger charge is 2.33. The van der Waals surface area contributed by atoms with Gasteiger partial charge in [0.25, 0.3) is 10.2 Å². The van der Waals surface area contributed by atoms with Crippen LogP contribution < -0.4 is 4.72 Å². The topological polar surface area (TPSA) is 86.8 Å². The molecule has 152 valence electrons. The van der Waals surface area contributed by atoms with Gasteiger partial charge in [-0.1, -0.05) is 24.6 Å². The molecule has 0 amide bonds. The molecular weight excluding hydrogens is 386 g/mol. The number of nitrogens with one attached hydrogen (secondary N) is 1. The van der Waals surface area contributed by atoms with Gasteiger partial charge in [0.1, 0.15) is 0 Å². The van der Waals surface area contributed by atoms with Gasteiger partial charge in [0, 0.05) is 32.2 Å². The van der Waals surface area contributed by atoms with E-state index in [4.69, 9.17) is 0 Å². The summed E-state index contributed by atoms with van der Waals surface area (Å²) in [7, 11) is -7.03. The van der Waals surface area contributed by atoms with Crippen LogP contribution in [0.5, 0.6) is 0 Å². The number of piperidine rings is 2. The molecule has 0 saturated carbocycles. The lowest BCUT2D eigenvalue weighted by atomic mass is 10.0. The molecule has 1 N–H and O–H groups in total. The molecule has 0 aromatic heterocycles. The minimum absolute atomic E-state index is 0.223. The summed E-state index contributed by atoms with van der Waals surface area (Å²) in [5.41, 5.74) is 1.01. The maximum atomic E-state index is 12.7. The summed E-state index contributed by atoms with van der Waals surface area (Å²) in [4.78, 5) is 0.287. The first-order valence-electron chi connectivity index (χ1n) is 9.53. The Balaban J connectivity index is 1.58. The van der Waals surface area contributed by atoms with Crippen molar-refractivity contribution in [2.75, 3.05) is 26.2 Å². The summed E-state index contributed by atoms with van der Waals surface area (Å²) in [6, 6.07) is 6.59. The number of hydrogen-bond donors (Lipinski definition) is 1. The highest BCUT2D eigenvalue weighted by Crippen LogP contribution is 2.23. The Labute approximate surface area is 163 Å². The van der Waals surface area contributed by atoms with Crippen LogP contribution in [0.25, 0.3) is 0 Å². The van der Waals surface area contributed by atoms with Crippen molar-refractivity contribution in [3.8, 4) is 0 Å². The molecule has 0 atom stereocenters. The van der Waals surface area contributed by atoms with Gasteiger partial charge in [0.05, 0.1) is 4.90 Å². The quantitative estimate of drug-likeness (QED) is 0.793. The third-order valence-electron chi connectivity index (χ3n) is 5.51. The van der Waals surface area contributed by atoms with E-state index in [0.717, 1.165) is 18.4 Å². The van der Waals surface area contributed by atoms with Crippen LogP contribution in [0.3, 0.4) is 0 Å². The molecule has 2 fully saturated rings. The molecule has 2 aliphatic heterocycles. The molecule has 2 heterocycles. The fraction of sp³-hybridized carbons (Fsp3) is 0.667. The summed E-state index contributed by atoms with van der Waals surface area (Å²) in [6.45, 7) is 5.80. The van der Waals surface area contributed by atoms with E-state index in [2.05, 4.69) is 11.6 Å². The van der Waals surface area contributed by atoms with Gasteiger partial charge in [-0.15, -0.1) is 0 Å². The van der Waals surface area contributed by atoms with Crippen LogP contribution in [0, 0.1) is 12.8 Å². The normalized spacial score (nSPS) is 22.1. The molecule has 9 heteroatoms. The minimum Gasteiger partial charge on any atom is -0.207 e. The second-order valence-corrected chi connectivity index (χ2v) is 11.3. The van der Waals surface area contributed by atoms with E-state index in [9.17, 15) is 16.8 Å². The number of hydrogen-bond acceptors (Lipinski definition) is 4. The van der Waals surface area contributed by atoms with Crippen LogP contribution in [0.4, 0.5) is 0 Å². The van der Waals surface area contributed by atoms with E-state index < -0.39 is 20.2 Å². The first-order valence-corrected chi connectivity index (χ1v) is 12.4. The van der Waals surface area contributed by atoms with Crippen LogP contribution >= 0.6 is 0 Å². The summed E-state index contributed by atoms with van der Waals surface area (Å²) < 4.78 is 56.4. The zero-order valence-electron chi connectivity index (χ0n) is 16.0. The fourth-order valence-corrected chi connectivity index (χ4v) is 6.55. The van der Waals surface area contributed by atoms with Gasteiger partial charge in [-0.3, -0.25) is 0 Å². The zero-order chi connectivity index (χ0) is 19.7. The largest absolute Gasteiger partial charge is 0.279 e. The van der Waals surface area contributed by atoms with Crippen molar-refractivity contribution in [2.45, 2.75) is 50.5 Å². The summed E-state index contributed by atoms with van der Waals surface area (Å²) >= 11 is 0. The van der Waals surface area contributed by atoms with Crippen LogP contribution in [-0.4, -0.2) is 57.7 Å². The molecule has 27 heavy (non-hydrogen) atoms. The maximum Gasteiger partial charge on any atom is 0.279 e. The van der Waals surface area contributed by atoms with Gasteiger partial charge in [-0.2, -0.15) is 21.8 Å². The van der Waals surface area contributed by atoms with E-state index in [-0.39, 0.29) is 10.9 Å². The maximum absolute atomic E-state index is 12.7. The van der Waals surface area contributed by atoms with Crippen molar-refractivity contribution < 1.29 is 16.8 Å². The Bertz CT molecular complexity index is 837. The van der Waals surface area contributed by atoms with Gasteiger partial charge in [-0.05, 0) is 50.7 Å². The SMILES string of the molecule is Cc1ccc(S(=O)(=O)N2CCC(NS(=O)(=O)N3CCC(C)CC3)CC2)cc1. The molecule has 0 unspecified atom stereocenters. The molecule has 0 bridgehead atoms. The smallest absolute Gasteiger partial charge is 0.207 e. The van der Waals surface area contributed by atoms with E-state index >= 15 is 0 Å². The minimum atomic E-state index is -3.53. The van der Waals surface area contributed by atoms with Crippen molar-refractivity contribution in [2.24, 2.45) is 5.92 Å². The number of nitrogens with zero attached hydrogens (tertiary/aromatic N) is 2. The number of rotatable bonds is 5. The monoisotopic (exact) mass is 415 g/mol. The molecule has 1 aromatic rings. The molecule has 0 radical (unpaired) electrons. The van der Waals surface area contributed by atoms with Gasteiger partial charge in [0.15, 0.2) is 0 Å². The van der Waals surface area contributed by atoms with Crippen molar-refractivity contribution in [1.82, 2.24) is 13.3 Å². The second kappa shape index (κ2) is 8.16. The zero-order valence-corrected chi connectivity index (χ0v) is 17.6. The van der Waals surface area contributed by atoms with E-state index in [1.54, 1.807) is 24.3 Å². The lowest BCUT2D eigenvalue weighted by Crippen LogP contribution is -2.51. The first kappa shape index (κ1) is 20.7. The predicted octanol–water partition coefficient (Wildman–Crippen LogP) is 1.71. The lowest BCUT2D eigenvalue weighted by Gasteiger charge is -2.34. The third kappa shape index (κ3) is 4.89. The number of benzene rings is 1. The molecular formula is C18H29N3O4S2. The molecule has 0 spiro atoms. The van der Waals surface area contributed by atoms with Gasteiger partial charge >= 0.3 is 0 Å². The summed E-state index contributed by atoms with van der Waals surface area (Å²) in [5, 5.41) is 0. The fourth-order valence-electron chi connectivity index (χ4n) is 3.58. The number of sulfonamides is 1. The van der Waals surface area contributed by atoms with Crippen molar-refractivity contribution in [3.05, 3.63) is 29.8 Å². The van der Waals surface area contributed by atoms with Crippen LogP contribution in [0.2, 0.25) is 0 Å². The van der Waals surface area contributed by atoms with Crippen molar-refractivity contribution >= 4 is 20.2 Å². The molecule has 0 aliphatic carbocycles. The Morgan fingerprint density at radius 2 is 1.37 bits per heavy atom. The van der Waals surface area contributed by atoms with Gasteiger partial charge in [0.2, 0.25) is 10.0 Å². The molecule has 7 nitrogen and oxygen atoms in total. The molecule has 1 aromatic carbocycles. The predicted molar refractivity (Wildman–Crippen MR) is 105 cm³/mol. The third-order valence-corrected chi connectivity index (χ3v) is 9.10. The highest BCUT2D eigenvalue weighted by molar-refractivity contribution is 7.89.